The molecule has 0 spiro atoms. The van der Waals surface area contributed by atoms with Gasteiger partial charge in [0.05, 0.1) is 0 Å². The molecule has 2 rings (SSSR count). The SMILES string of the molecule is CC1(C2CCOCC2)CC1. The van der Waals surface area contributed by atoms with Crippen LogP contribution in [0.3, 0.4) is 0 Å². The fraction of sp³-hybridized carbons (Fsp3) is 1.00. The Balaban J connectivity index is 1.91. The van der Waals surface area contributed by atoms with Gasteiger partial charge in [-0.05, 0) is 37.0 Å². The molecule has 2 aliphatic rings. The van der Waals surface area contributed by atoms with Gasteiger partial charge in [-0.25, -0.2) is 0 Å². The molecule has 1 aliphatic carbocycles. The lowest BCUT2D eigenvalue weighted by Crippen LogP contribution is -2.22. The molecule has 0 atom stereocenters. The van der Waals surface area contributed by atoms with E-state index in [4.69, 9.17) is 4.74 Å². The molecule has 1 saturated heterocycles. The van der Waals surface area contributed by atoms with E-state index in [1.54, 1.807) is 0 Å². The summed E-state index contributed by atoms with van der Waals surface area (Å²) in [5.41, 5.74) is 0.740. The van der Waals surface area contributed by atoms with Gasteiger partial charge in [-0.2, -0.15) is 0 Å². The third-order valence-corrected chi connectivity index (χ3v) is 3.25. The summed E-state index contributed by atoms with van der Waals surface area (Å²) in [6, 6.07) is 0. The molecule has 0 bridgehead atoms. The highest BCUT2D eigenvalue weighted by Gasteiger charge is 2.44. The van der Waals surface area contributed by atoms with Gasteiger partial charge in [0.25, 0.3) is 0 Å². The van der Waals surface area contributed by atoms with Gasteiger partial charge < -0.3 is 4.74 Å². The summed E-state index contributed by atoms with van der Waals surface area (Å²) < 4.78 is 5.32. The van der Waals surface area contributed by atoms with Gasteiger partial charge in [0.1, 0.15) is 0 Å². The molecule has 1 saturated carbocycles. The molecule has 2 fully saturated rings. The van der Waals surface area contributed by atoms with Crippen LogP contribution in [-0.2, 0) is 4.74 Å². The van der Waals surface area contributed by atoms with E-state index < -0.39 is 0 Å². The Bertz CT molecular complexity index is 121. The fourth-order valence-corrected chi connectivity index (χ4v) is 2.00. The normalized spacial score (nSPS) is 32.1. The Labute approximate surface area is 62.8 Å². The van der Waals surface area contributed by atoms with E-state index in [9.17, 15) is 0 Å². The second-order valence-electron chi connectivity index (χ2n) is 4.04. The van der Waals surface area contributed by atoms with Crippen molar-refractivity contribution in [2.75, 3.05) is 13.2 Å². The third kappa shape index (κ3) is 1.07. The van der Waals surface area contributed by atoms with Crippen molar-refractivity contribution in [2.45, 2.75) is 32.6 Å². The van der Waals surface area contributed by atoms with Crippen molar-refractivity contribution >= 4 is 0 Å². The van der Waals surface area contributed by atoms with Crippen molar-refractivity contribution in [2.24, 2.45) is 11.3 Å². The van der Waals surface area contributed by atoms with E-state index in [1.807, 2.05) is 0 Å². The summed E-state index contributed by atoms with van der Waals surface area (Å²) >= 11 is 0. The Morgan fingerprint density at radius 3 is 2.30 bits per heavy atom. The van der Waals surface area contributed by atoms with Crippen LogP contribution in [0.1, 0.15) is 32.6 Å². The van der Waals surface area contributed by atoms with E-state index in [2.05, 4.69) is 6.92 Å². The molecule has 0 amide bonds. The molecule has 0 N–H and O–H groups in total. The van der Waals surface area contributed by atoms with Crippen molar-refractivity contribution in [3.8, 4) is 0 Å². The minimum absolute atomic E-state index is 0.740. The zero-order valence-corrected chi connectivity index (χ0v) is 6.73. The number of ether oxygens (including phenoxy) is 1. The zero-order valence-electron chi connectivity index (χ0n) is 6.73. The van der Waals surface area contributed by atoms with E-state index in [0.717, 1.165) is 24.5 Å². The maximum absolute atomic E-state index is 5.32. The maximum atomic E-state index is 5.32. The predicted octanol–water partition coefficient (Wildman–Crippen LogP) is 2.21. The lowest BCUT2D eigenvalue weighted by Gasteiger charge is -2.27. The minimum atomic E-state index is 0.740. The van der Waals surface area contributed by atoms with Crippen LogP contribution in [0.2, 0.25) is 0 Å². The molecule has 1 nitrogen and oxygen atoms in total. The smallest absolute Gasteiger partial charge is 0.0468 e. The standard InChI is InChI=1S/C9H16O/c1-9(4-5-9)8-2-6-10-7-3-8/h8H,2-7H2,1H3. The zero-order chi connectivity index (χ0) is 7.03. The number of rotatable bonds is 1. The number of hydrogen-bond acceptors (Lipinski definition) is 1. The van der Waals surface area contributed by atoms with Crippen LogP contribution >= 0.6 is 0 Å². The lowest BCUT2D eigenvalue weighted by atomic mass is 9.85. The summed E-state index contributed by atoms with van der Waals surface area (Å²) in [5, 5.41) is 0. The molecule has 0 aromatic rings. The van der Waals surface area contributed by atoms with Gasteiger partial charge in [0.2, 0.25) is 0 Å². The monoisotopic (exact) mass is 140 g/mol. The average molecular weight is 140 g/mol. The van der Waals surface area contributed by atoms with E-state index in [0.29, 0.717) is 0 Å². The summed E-state index contributed by atoms with van der Waals surface area (Å²) in [4.78, 5) is 0. The molecular formula is C9H16O. The second kappa shape index (κ2) is 2.23. The van der Waals surface area contributed by atoms with E-state index in [-0.39, 0.29) is 0 Å². The topological polar surface area (TPSA) is 9.23 Å². The number of hydrogen-bond donors (Lipinski definition) is 0. The molecule has 0 aromatic heterocycles. The Kier molecular flexibility index (Phi) is 1.48. The fourth-order valence-electron chi connectivity index (χ4n) is 2.00. The van der Waals surface area contributed by atoms with Crippen LogP contribution in [0.15, 0.2) is 0 Å². The van der Waals surface area contributed by atoms with Gasteiger partial charge in [-0.1, -0.05) is 6.92 Å². The summed E-state index contributed by atoms with van der Waals surface area (Å²) in [6.45, 7) is 4.46. The highest BCUT2D eigenvalue weighted by atomic mass is 16.5. The molecule has 1 aliphatic heterocycles. The van der Waals surface area contributed by atoms with Crippen LogP contribution in [0.5, 0.6) is 0 Å². The largest absolute Gasteiger partial charge is 0.381 e. The maximum Gasteiger partial charge on any atom is 0.0468 e. The average Bonchev–Trinajstić information content (AvgIpc) is 2.72. The first-order chi connectivity index (χ1) is 4.81. The van der Waals surface area contributed by atoms with E-state index in [1.165, 1.54) is 25.7 Å². The highest BCUT2D eigenvalue weighted by Crippen LogP contribution is 2.54. The van der Waals surface area contributed by atoms with Crippen molar-refractivity contribution < 1.29 is 4.74 Å². The molecule has 0 aromatic carbocycles. The van der Waals surface area contributed by atoms with Crippen LogP contribution in [0.25, 0.3) is 0 Å². The first kappa shape index (κ1) is 6.66. The lowest BCUT2D eigenvalue weighted by molar-refractivity contribution is 0.0445. The van der Waals surface area contributed by atoms with Gasteiger partial charge in [-0.3, -0.25) is 0 Å². The molecule has 58 valence electrons. The highest BCUT2D eigenvalue weighted by molar-refractivity contribution is 4.94. The van der Waals surface area contributed by atoms with E-state index >= 15 is 0 Å². The molecule has 1 heteroatoms. The van der Waals surface area contributed by atoms with Crippen molar-refractivity contribution in [3.63, 3.8) is 0 Å². The second-order valence-corrected chi connectivity index (χ2v) is 4.04. The third-order valence-electron chi connectivity index (χ3n) is 3.25. The summed E-state index contributed by atoms with van der Waals surface area (Å²) in [5.74, 6) is 0.987. The van der Waals surface area contributed by atoms with Crippen molar-refractivity contribution in [1.82, 2.24) is 0 Å². The van der Waals surface area contributed by atoms with Gasteiger partial charge in [-0.15, -0.1) is 0 Å². The summed E-state index contributed by atoms with van der Waals surface area (Å²) in [7, 11) is 0. The Morgan fingerprint density at radius 2 is 1.80 bits per heavy atom. The first-order valence-corrected chi connectivity index (χ1v) is 4.39. The molecule has 1 heterocycles. The molecular weight excluding hydrogens is 124 g/mol. The Morgan fingerprint density at radius 1 is 1.20 bits per heavy atom. The van der Waals surface area contributed by atoms with Crippen LogP contribution in [0, 0.1) is 11.3 Å². The predicted molar refractivity (Wildman–Crippen MR) is 40.9 cm³/mol. The first-order valence-electron chi connectivity index (χ1n) is 4.39. The Hall–Kier alpha value is -0.0400. The van der Waals surface area contributed by atoms with Gasteiger partial charge in [0, 0.05) is 13.2 Å². The van der Waals surface area contributed by atoms with Crippen LogP contribution in [0.4, 0.5) is 0 Å². The summed E-state index contributed by atoms with van der Waals surface area (Å²) in [6.07, 6.45) is 5.57. The van der Waals surface area contributed by atoms with Gasteiger partial charge >= 0.3 is 0 Å². The molecule has 10 heavy (non-hydrogen) atoms. The molecule has 0 radical (unpaired) electrons. The van der Waals surface area contributed by atoms with Crippen molar-refractivity contribution in [3.05, 3.63) is 0 Å². The van der Waals surface area contributed by atoms with Crippen LogP contribution in [-0.4, -0.2) is 13.2 Å². The minimum Gasteiger partial charge on any atom is -0.381 e. The van der Waals surface area contributed by atoms with Crippen molar-refractivity contribution in [1.29, 1.82) is 0 Å². The quantitative estimate of drug-likeness (QED) is 0.542. The molecule has 0 unspecified atom stereocenters. The van der Waals surface area contributed by atoms with Crippen LogP contribution < -0.4 is 0 Å². The van der Waals surface area contributed by atoms with Gasteiger partial charge in [0.15, 0.2) is 0 Å².